The molecule has 1 aromatic rings. The molecule has 1 aliphatic rings. The van der Waals surface area contributed by atoms with Gasteiger partial charge >= 0.3 is 0 Å². The number of aryl methyl sites for hydroxylation is 1. The predicted octanol–water partition coefficient (Wildman–Crippen LogP) is 2.93. The Morgan fingerprint density at radius 3 is 2.74 bits per heavy atom. The van der Waals surface area contributed by atoms with Gasteiger partial charge in [0.05, 0.1) is 6.10 Å². The van der Waals surface area contributed by atoms with Crippen LogP contribution in [-0.4, -0.2) is 21.8 Å². The molecule has 1 aliphatic carbocycles. The number of hydrogen-bond donors (Lipinski definition) is 2. The first-order chi connectivity index (χ1) is 9.15. The van der Waals surface area contributed by atoms with E-state index in [4.69, 9.17) is 0 Å². The van der Waals surface area contributed by atoms with E-state index in [1.54, 1.807) is 0 Å². The molecule has 1 aromatic heterocycles. The van der Waals surface area contributed by atoms with E-state index < -0.39 is 0 Å². The molecule has 3 heteroatoms. The molecule has 19 heavy (non-hydrogen) atoms. The Bertz CT molecular complexity index is 365. The average Bonchev–Trinajstić information content (AvgIpc) is 2.83. The number of aliphatic hydroxyl groups is 1. The maximum atomic E-state index is 9.51. The molecule has 108 valence electrons. The van der Waals surface area contributed by atoms with Crippen molar-refractivity contribution in [2.75, 3.05) is 0 Å². The minimum absolute atomic E-state index is 0.0621. The molecule has 1 fully saturated rings. The van der Waals surface area contributed by atoms with Crippen molar-refractivity contribution in [1.29, 1.82) is 0 Å². The molecule has 0 amide bonds. The van der Waals surface area contributed by atoms with Crippen molar-refractivity contribution in [1.82, 2.24) is 9.88 Å². The van der Waals surface area contributed by atoms with Crippen molar-refractivity contribution < 1.29 is 5.11 Å². The van der Waals surface area contributed by atoms with Gasteiger partial charge in [-0.1, -0.05) is 13.8 Å². The standard InChI is InChI=1S/C16H28N2O/c1-13(2)9-11-18-10-3-4-15(18)12-17-14-5-7-16(19)8-6-14/h3-4,10,13-14,16-17,19H,5-9,11-12H2,1-2H3. The number of rotatable bonds is 6. The topological polar surface area (TPSA) is 37.2 Å². The second-order valence-electron chi connectivity index (χ2n) is 6.26. The zero-order valence-corrected chi connectivity index (χ0v) is 12.3. The second kappa shape index (κ2) is 7.11. The van der Waals surface area contributed by atoms with E-state index in [9.17, 15) is 5.11 Å². The van der Waals surface area contributed by atoms with Crippen molar-refractivity contribution in [2.45, 2.75) is 71.2 Å². The Hall–Kier alpha value is -0.800. The van der Waals surface area contributed by atoms with E-state index in [2.05, 4.69) is 42.1 Å². The lowest BCUT2D eigenvalue weighted by Crippen LogP contribution is -2.34. The molecule has 0 spiro atoms. The van der Waals surface area contributed by atoms with Crippen LogP contribution >= 0.6 is 0 Å². The van der Waals surface area contributed by atoms with Gasteiger partial charge in [-0.05, 0) is 50.2 Å². The van der Waals surface area contributed by atoms with Crippen molar-refractivity contribution in [2.24, 2.45) is 5.92 Å². The minimum Gasteiger partial charge on any atom is -0.393 e. The second-order valence-corrected chi connectivity index (χ2v) is 6.26. The van der Waals surface area contributed by atoms with E-state index >= 15 is 0 Å². The molecule has 3 nitrogen and oxygen atoms in total. The molecule has 0 radical (unpaired) electrons. The Balaban J connectivity index is 1.78. The summed E-state index contributed by atoms with van der Waals surface area (Å²) in [5.41, 5.74) is 1.38. The molecular weight excluding hydrogens is 236 g/mol. The Morgan fingerprint density at radius 1 is 1.32 bits per heavy atom. The first kappa shape index (κ1) is 14.6. The van der Waals surface area contributed by atoms with Crippen LogP contribution in [0.15, 0.2) is 18.3 Å². The third kappa shape index (κ3) is 4.66. The SMILES string of the molecule is CC(C)CCn1cccc1CNC1CCC(O)CC1. The molecule has 0 bridgehead atoms. The summed E-state index contributed by atoms with van der Waals surface area (Å²) in [7, 11) is 0. The highest BCUT2D eigenvalue weighted by Gasteiger charge is 2.18. The van der Waals surface area contributed by atoms with E-state index in [0.717, 1.165) is 44.7 Å². The highest BCUT2D eigenvalue weighted by atomic mass is 16.3. The maximum absolute atomic E-state index is 9.51. The lowest BCUT2D eigenvalue weighted by molar-refractivity contribution is 0.116. The molecule has 0 atom stereocenters. The van der Waals surface area contributed by atoms with Gasteiger partial charge in [-0.2, -0.15) is 0 Å². The van der Waals surface area contributed by atoms with Gasteiger partial charge in [0.15, 0.2) is 0 Å². The predicted molar refractivity (Wildman–Crippen MR) is 79.0 cm³/mol. The monoisotopic (exact) mass is 264 g/mol. The van der Waals surface area contributed by atoms with Gasteiger partial charge in [0.2, 0.25) is 0 Å². The molecule has 0 aliphatic heterocycles. The average molecular weight is 264 g/mol. The van der Waals surface area contributed by atoms with Crippen molar-refractivity contribution in [3.63, 3.8) is 0 Å². The fourth-order valence-electron chi connectivity index (χ4n) is 2.75. The summed E-state index contributed by atoms with van der Waals surface area (Å²) in [6.45, 7) is 6.61. The molecule has 0 aromatic carbocycles. The van der Waals surface area contributed by atoms with Gasteiger partial charge in [-0.15, -0.1) is 0 Å². The fourth-order valence-corrected chi connectivity index (χ4v) is 2.75. The Kier molecular flexibility index (Phi) is 5.46. The van der Waals surface area contributed by atoms with Gasteiger partial charge in [-0.3, -0.25) is 0 Å². The third-order valence-electron chi connectivity index (χ3n) is 4.14. The quantitative estimate of drug-likeness (QED) is 0.829. The van der Waals surface area contributed by atoms with Crippen LogP contribution in [0.3, 0.4) is 0 Å². The molecular formula is C16H28N2O. The van der Waals surface area contributed by atoms with E-state index in [-0.39, 0.29) is 6.10 Å². The van der Waals surface area contributed by atoms with E-state index in [1.807, 2.05) is 0 Å². The van der Waals surface area contributed by atoms with E-state index in [1.165, 1.54) is 12.1 Å². The van der Waals surface area contributed by atoms with Crippen LogP contribution in [0.5, 0.6) is 0 Å². The normalized spacial score (nSPS) is 24.0. The summed E-state index contributed by atoms with van der Waals surface area (Å²) in [5, 5.41) is 13.2. The molecule has 2 rings (SSSR count). The van der Waals surface area contributed by atoms with Crippen molar-refractivity contribution >= 4 is 0 Å². The van der Waals surface area contributed by atoms with Gasteiger partial charge in [0.1, 0.15) is 0 Å². The summed E-state index contributed by atoms with van der Waals surface area (Å²) in [6.07, 6.45) is 7.47. The lowest BCUT2D eigenvalue weighted by atomic mass is 9.93. The zero-order valence-electron chi connectivity index (χ0n) is 12.3. The summed E-state index contributed by atoms with van der Waals surface area (Å²) >= 11 is 0. The molecule has 2 N–H and O–H groups in total. The maximum Gasteiger partial charge on any atom is 0.0541 e. The van der Waals surface area contributed by atoms with Crippen LogP contribution < -0.4 is 5.32 Å². The minimum atomic E-state index is -0.0621. The molecule has 0 saturated heterocycles. The van der Waals surface area contributed by atoms with Crippen LogP contribution in [0.1, 0.15) is 51.6 Å². The Morgan fingerprint density at radius 2 is 2.05 bits per heavy atom. The highest BCUT2D eigenvalue weighted by molar-refractivity contribution is 5.07. The largest absolute Gasteiger partial charge is 0.393 e. The van der Waals surface area contributed by atoms with Gasteiger partial charge in [0, 0.05) is 31.0 Å². The number of nitrogens with zero attached hydrogens (tertiary/aromatic N) is 1. The smallest absolute Gasteiger partial charge is 0.0541 e. The highest BCUT2D eigenvalue weighted by Crippen LogP contribution is 2.18. The molecule has 1 saturated carbocycles. The zero-order chi connectivity index (χ0) is 13.7. The van der Waals surface area contributed by atoms with Gasteiger partial charge < -0.3 is 15.0 Å². The summed E-state index contributed by atoms with van der Waals surface area (Å²) < 4.78 is 2.37. The number of nitrogens with one attached hydrogen (secondary N) is 1. The summed E-state index contributed by atoms with van der Waals surface area (Å²) in [4.78, 5) is 0. The number of aliphatic hydroxyl groups excluding tert-OH is 1. The van der Waals surface area contributed by atoms with Gasteiger partial charge in [-0.25, -0.2) is 0 Å². The number of aromatic nitrogens is 1. The molecule has 0 unspecified atom stereocenters. The summed E-state index contributed by atoms with van der Waals surface area (Å²) in [5.74, 6) is 0.753. The first-order valence-electron chi connectivity index (χ1n) is 7.70. The van der Waals surface area contributed by atoms with Crippen molar-refractivity contribution in [3.8, 4) is 0 Å². The molecule has 1 heterocycles. The van der Waals surface area contributed by atoms with Crippen LogP contribution in [0.25, 0.3) is 0 Å². The van der Waals surface area contributed by atoms with Crippen LogP contribution in [0.4, 0.5) is 0 Å². The number of hydrogen-bond acceptors (Lipinski definition) is 2. The first-order valence-corrected chi connectivity index (χ1v) is 7.70. The Labute approximate surface area is 117 Å². The third-order valence-corrected chi connectivity index (χ3v) is 4.14. The van der Waals surface area contributed by atoms with Crippen LogP contribution in [-0.2, 0) is 13.1 Å². The lowest BCUT2D eigenvalue weighted by Gasteiger charge is -2.26. The summed E-state index contributed by atoms with van der Waals surface area (Å²) in [6, 6.07) is 4.93. The van der Waals surface area contributed by atoms with Crippen molar-refractivity contribution in [3.05, 3.63) is 24.0 Å². The van der Waals surface area contributed by atoms with Gasteiger partial charge in [0.25, 0.3) is 0 Å². The van der Waals surface area contributed by atoms with Crippen LogP contribution in [0, 0.1) is 5.92 Å². The van der Waals surface area contributed by atoms with E-state index in [0.29, 0.717) is 6.04 Å². The fraction of sp³-hybridized carbons (Fsp3) is 0.750. The van der Waals surface area contributed by atoms with Crippen LogP contribution in [0.2, 0.25) is 0 Å².